The van der Waals surface area contributed by atoms with Crippen LogP contribution in [0.4, 0.5) is 13.2 Å². The minimum Gasteiger partial charge on any atom is -0.374 e. The Morgan fingerprint density at radius 2 is 2.03 bits per heavy atom. The van der Waals surface area contributed by atoms with Crippen molar-refractivity contribution in [2.75, 3.05) is 39.3 Å². The van der Waals surface area contributed by atoms with E-state index in [0.29, 0.717) is 18.5 Å². The quantitative estimate of drug-likeness (QED) is 0.546. The van der Waals surface area contributed by atoms with Gasteiger partial charge in [-0.15, -0.1) is 0 Å². The van der Waals surface area contributed by atoms with Gasteiger partial charge in [-0.1, -0.05) is 0 Å². The molecule has 2 fully saturated rings. The van der Waals surface area contributed by atoms with E-state index in [2.05, 4.69) is 25.1 Å². The number of aliphatic imine (C=N–C) groups is 1. The molecule has 164 valence electrons. The minimum absolute atomic E-state index is 0.157. The molecule has 0 aromatic carbocycles. The maximum atomic E-state index is 13.7. The summed E-state index contributed by atoms with van der Waals surface area (Å²) in [7, 11) is 1.44. The summed E-state index contributed by atoms with van der Waals surface area (Å²) in [4.78, 5) is 12.7. The van der Waals surface area contributed by atoms with Gasteiger partial charge >= 0.3 is 6.18 Å². The zero-order chi connectivity index (χ0) is 21.1. The molecule has 10 heteroatoms. The second-order valence-electron chi connectivity index (χ2n) is 7.84. The number of halogens is 3. The Kier molecular flexibility index (Phi) is 6.72. The van der Waals surface area contributed by atoms with E-state index in [0.717, 1.165) is 32.6 Å². The first-order valence-electron chi connectivity index (χ1n) is 10.3. The number of nitrogens with one attached hydrogen (secondary N) is 1. The second-order valence-corrected chi connectivity index (χ2v) is 7.84. The Morgan fingerprint density at radius 1 is 1.31 bits per heavy atom. The summed E-state index contributed by atoms with van der Waals surface area (Å²) in [6.07, 6.45) is 0.713. The van der Waals surface area contributed by atoms with Gasteiger partial charge in [0.25, 0.3) is 0 Å². The minimum atomic E-state index is -4.84. The third-order valence-corrected chi connectivity index (χ3v) is 5.85. The van der Waals surface area contributed by atoms with E-state index in [4.69, 9.17) is 0 Å². The maximum absolute atomic E-state index is 13.7. The predicted molar refractivity (Wildman–Crippen MR) is 105 cm³/mol. The molecule has 29 heavy (non-hydrogen) atoms. The van der Waals surface area contributed by atoms with Crippen LogP contribution in [0.2, 0.25) is 0 Å². The fraction of sp³-hybridized carbons (Fsp3) is 0.789. The van der Waals surface area contributed by atoms with Crippen LogP contribution in [0.5, 0.6) is 0 Å². The smallest absolute Gasteiger partial charge is 0.374 e. The fourth-order valence-corrected chi connectivity index (χ4v) is 4.23. The topological polar surface area (TPSA) is 68.9 Å². The number of nitrogens with zero attached hydrogens (tertiary/aromatic N) is 5. The van der Waals surface area contributed by atoms with Crippen molar-refractivity contribution in [2.24, 2.45) is 12.0 Å². The Bertz CT molecular complexity index is 700. The van der Waals surface area contributed by atoms with Crippen LogP contribution in [0.25, 0.3) is 0 Å². The highest BCUT2D eigenvalue weighted by Gasteiger charge is 2.57. The molecule has 3 rings (SSSR count). The molecule has 1 aromatic heterocycles. The highest BCUT2D eigenvalue weighted by molar-refractivity contribution is 5.80. The number of rotatable bonds is 6. The highest BCUT2D eigenvalue weighted by atomic mass is 19.4. The lowest BCUT2D eigenvalue weighted by atomic mass is 9.98. The molecule has 0 amide bonds. The van der Waals surface area contributed by atoms with Gasteiger partial charge < -0.3 is 19.9 Å². The van der Waals surface area contributed by atoms with Crippen LogP contribution in [-0.2, 0) is 12.6 Å². The van der Waals surface area contributed by atoms with Gasteiger partial charge in [0.15, 0.2) is 5.96 Å². The Labute approximate surface area is 169 Å². The van der Waals surface area contributed by atoms with Crippen LogP contribution in [0.3, 0.4) is 0 Å². The Balaban J connectivity index is 1.68. The normalized spacial score (nSPS) is 23.6. The van der Waals surface area contributed by atoms with Gasteiger partial charge in [0.1, 0.15) is 5.82 Å². The molecule has 0 aliphatic carbocycles. The van der Waals surface area contributed by atoms with Crippen molar-refractivity contribution in [3.63, 3.8) is 0 Å². The molecule has 2 atom stereocenters. The van der Waals surface area contributed by atoms with Crippen LogP contribution >= 0.6 is 0 Å². The molecule has 0 bridgehead atoms. The zero-order valence-electron chi connectivity index (χ0n) is 17.1. The van der Waals surface area contributed by atoms with E-state index >= 15 is 0 Å². The van der Waals surface area contributed by atoms with Crippen molar-refractivity contribution in [3.05, 3.63) is 18.2 Å². The summed E-state index contributed by atoms with van der Waals surface area (Å²) in [6, 6.07) is 0.473. The number of aromatic nitrogens is 2. The lowest BCUT2D eigenvalue weighted by Crippen LogP contribution is -2.45. The van der Waals surface area contributed by atoms with E-state index in [-0.39, 0.29) is 6.54 Å². The zero-order valence-corrected chi connectivity index (χ0v) is 17.1. The van der Waals surface area contributed by atoms with Crippen molar-refractivity contribution in [1.82, 2.24) is 24.7 Å². The Morgan fingerprint density at radius 3 is 2.62 bits per heavy atom. The SMILES string of the molecule is CCNC(=NCCC(O)(c1nccn1C)C(F)(F)F)N1CCC(N2CCCC2)C1. The second kappa shape index (κ2) is 8.91. The molecular weight excluding hydrogens is 385 g/mol. The number of aryl methyl sites for hydroxylation is 1. The average molecular weight is 416 g/mol. The number of guanidine groups is 1. The first kappa shape index (κ1) is 21.9. The molecule has 1 aromatic rings. The molecule has 3 heterocycles. The number of likely N-dealkylation sites (tertiary alicyclic amines) is 2. The van der Waals surface area contributed by atoms with Crippen LogP contribution in [0.1, 0.15) is 38.4 Å². The lowest BCUT2D eigenvalue weighted by molar-refractivity contribution is -0.272. The molecule has 7 nitrogen and oxygen atoms in total. The summed E-state index contributed by atoms with van der Waals surface area (Å²) >= 11 is 0. The van der Waals surface area contributed by atoms with Gasteiger partial charge in [-0.2, -0.15) is 13.2 Å². The standard InChI is InChI=1S/C19H31F3N6O/c1-3-23-17(28-12-6-15(14-28)27-10-4-5-11-27)25-8-7-18(29,19(20,21)22)16-24-9-13-26(16)2/h9,13,15,29H,3-8,10-12,14H2,1-2H3,(H,23,25). The first-order chi connectivity index (χ1) is 13.8. The van der Waals surface area contributed by atoms with Gasteiger partial charge in [-0.05, 0) is 39.3 Å². The summed E-state index contributed by atoms with van der Waals surface area (Å²) < 4.78 is 42.2. The van der Waals surface area contributed by atoms with E-state index < -0.39 is 24.0 Å². The van der Waals surface area contributed by atoms with Gasteiger partial charge in [-0.25, -0.2) is 4.98 Å². The third-order valence-electron chi connectivity index (χ3n) is 5.85. The maximum Gasteiger partial charge on any atom is 0.424 e. The summed E-state index contributed by atoms with van der Waals surface area (Å²) in [5.41, 5.74) is -3.03. The number of aliphatic hydroxyl groups is 1. The van der Waals surface area contributed by atoms with E-state index in [1.165, 1.54) is 36.9 Å². The van der Waals surface area contributed by atoms with Crippen LogP contribution in [-0.4, -0.2) is 81.9 Å². The Hall–Kier alpha value is -1.81. The van der Waals surface area contributed by atoms with Gasteiger partial charge in [0, 0.05) is 58.1 Å². The van der Waals surface area contributed by atoms with Gasteiger partial charge in [-0.3, -0.25) is 9.89 Å². The molecule has 2 aliphatic rings. The number of hydrogen-bond acceptors (Lipinski definition) is 4. The molecule has 2 aliphatic heterocycles. The highest BCUT2D eigenvalue weighted by Crippen LogP contribution is 2.40. The van der Waals surface area contributed by atoms with E-state index in [1.54, 1.807) is 0 Å². The van der Waals surface area contributed by atoms with Crippen molar-refractivity contribution in [3.8, 4) is 0 Å². The molecule has 0 saturated carbocycles. The number of imidazole rings is 1. The molecular formula is C19H31F3N6O. The van der Waals surface area contributed by atoms with Crippen LogP contribution < -0.4 is 5.32 Å². The average Bonchev–Trinajstić information content (AvgIpc) is 3.40. The fourth-order valence-electron chi connectivity index (χ4n) is 4.23. The van der Waals surface area contributed by atoms with Crippen molar-refractivity contribution in [2.45, 2.75) is 50.4 Å². The third kappa shape index (κ3) is 4.69. The van der Waals surface area contributed by atoms with E-state index in [9.17, 15) is 18.3 Å². The predicted octanol–water partition coefficient (Wildman–Crippen LogP) is 1.70. The van der Waals surface area contributed by atoms with Crippen molar-refractivity contribution >= 4 is 5.96 Å². The molecule has 0 radical (unpaired) electrons. The molecule has 2 saturated heterocycles. The van der Waals surface area contributed by atoms with Gasteiger partial charge in [0.2, 0.25) is 5.60 Å². The summed E-state index contributed by atoms with van der Waals surface area (Å²) in [6.45, 7) is 6.31. The molecule has 0 spiro atoms. The van der Waals surface area contributed by atoms with E-state index in [1.807, 2.05) is 6.92 Å². The lowest BCUT2D eigenvalue weighted by Gasteiger charge is -2.30. The van der Waals surface area contributed by atoms with Crippen molar-refractivity contribution in [1.29, 1.82) is 0 Å². The summed E-state index contributed by atoms with van der Waals surface area (Å²) in [5.74, 6) is 0.194. The number of hydrogen-bond donors (Lipinski definition) is 2. The van der Waals surface area contributed by atoms with Crippen LogP contribution in [0, 0.1) is 0 Å². The van der Waals surface area contributed by atoms with Crippen molar-refractivity contribution < 1.29 is 18.3 Å². The number of alkyl halides is 3. The van der Waals surface area contributed by atoms with Gasteiger partial charge in [0.05, 0.1) is 0 Å². The molecule has 2 unspecified atom stereocenters. The van der Waals surface area contributed by atoms with Crippen LogP contribution in [0.15, 0.2) is 17.4 Å². The summed E-state index contributed by atoms with van der Waals surface area (Å²) in [5, 5.41) is 13.6. The monoisotopic (exact) mass is 416 g/mol. The molecule has 2 N–H and O–H groups in total. The first-order valence-corrected chi connectivity index (χ1v) is 10.3. The largest absolute Gasteiger partial charge is 0.424 e.